The van der Waals surface area contributed by atoms with Gasteiger partial charge < -0.3 is 4.90 Å². The maximum atomic E-state index is 12.9. The summed E-state index contributed by atoms with van der Waals surface area (Å²) in [4.78, 5) is 5.75. The first-order chi connectivity index (χ1) is 10.8. The van der Waals surface area contributed by atoms with Gasteiger partial charge in [-0.15, -0.1) is 0 Å². The van der Waals surface area contributed by atoms with Crippen LogP contribution in [0.15, 0.2) is 36.5 Å². The van der Waals surface area contributed by atoms with E-state index in [0.717, 1.165) is 17.8 Å². The molecule has 0 aliphatic rings. The number of nitrogens with zero attached hydrogens (tertiary/aromatic N) is 4. The molecular weight excluding hydrogens is 329 g/mol. The number of aryl methyl sites for hydroxylation is 1. The van der Waals surface area contributed by atoms with Crippen molar-refractivity contribution in [3.8, 4) is 0 Å². The lowest BCUT2D eigenvalue weighted by Gasteiger charge is -2.16. The van der Waals surface area contributed by atoms with Crippen molar-refractivity contribution in [1.29, 1.82) is 0 Å². The van der Waals surface area contributed by atoms with E-state index in [1.807, 2.05) is 0 Å². The molecule has 8 heteroatoms. The minimum absolute atomic E-state index is 0.364. The van der Waals surface area contributed by atoms with Crippen LogP contribution >= 0.6 is 11.6 Å². The molecule has 3 rings (SSSR count). The largest absolute Gasteiger partial charge is 0.416 e. The minimum atomic E-state index is -4.38. The third-order valence-corrected chi connectivity index (χ3v) is 3.80. The first-order valence-corrected chi connectivity index (χ1v) is 7.04. The molecule has 4 nitrogen and oxygen atoms in total. The van der Waals surface area contributed by atoms with Gasteiger partial charge in [0.15, 0.2) is 5.82 Å². The number of fused-ring (bicyclic) bond motifs is 1. The highest BCUT2D eigenvalue weighted by Crippen LogP contribution is 2.35. The summed E-state index contributed by atoms with van der Waals surface area (Å²) in [6.07, 6.45) is -2.81. The molecule has 120 valence electrons. The van der Waals surface area contributed by atoms with Crippen LogP contribution in [0.4, 0.5) is 24.7 Å². The third-order valence-electron chi connectivity index (χ3n) is 3.58. The molecule has 0 aliphatic heterocycles. The second kappa shape index (κ2) is 5.42. The molecule has 0 bridgehead atoms. The van der Waals surface area contributed by atoms with Crippen LogP contribution in [-0.4, -0.2) is 21.8 Å². The zero-order chi connectivity index (χ0) is 16.8. The van der Waals surface area contributed by atoms with Crippen molar-refractivity contribution in [2.75, 3.05) is 11.9 Å². The smallest absolute Gasteiger partial charge is 0.326 e. The number of aromatic nitrogens is 3. The Bertz CT molecular complexity index is 856. The average molecular weight is 341 g/mol. The fourth-order valence-corrected chi connectivity index (χ4v) is 2.46. The topological polar surface area (TPSA) is 34.0 Å². The Balaban J connectivity index is 2.10. The predicted octanol–water partition coefficient (Wildman–Crippen LogP) is 4.41. The number of rotatable bonds is 2. The quantitative estimate of drug-likeness (QED) is 0.648. The van der Waals surface area contributed by atoms with Gasteiger partial charge in [-0.05, 0) is 30.3 Å². The minimum Gasteiger partial charge on any atom is -0.326 e. The maximum absolute atomic E-state index is 12.9. The highest BCUT2D eigenvalue weighted by molar-refractivity contribution is 6.29. The molecule has 2 heterocycles. The number of benzene rings is 1. The molecule has 0 saturated heterocycles. The highest BCUT2D eigenvalue weighted by Gasteiger charge is 2.31. The molecule has 0 atom stereocenters. The van der Waals surface area contributed by atoms with Gasteiger partial charge in [-0.2, -0.15) is 18.3 Å². The summed E-state index contributed by atoms with van der Waals surface area (Å²) >= 11 is 5.77. The third kappa shape index (κ3) is 2.84. The Kier molecular flexibility index (Phi) is 3.68. The standard InChI is InChI=1S/C15H12ClF3N4/c1-22(10-4-6-13(16)20-8-10)14-11-5-3-9(15(17,18)19)7-12(11)23(2)21-14/h3-8H,1-2H3. The molecule has 0 amide bonds. The zero-order valence-electron chi connectivity index (χ0n) is 12.3. The summed E-state index contributed by atoms with van der Waals surface area (Å²) < 4.78 is 40.0. The Hall–Kier alpha value is -2.28. The van der Waals surface area contributed by atoms with Crippen LogP contribution in [0, 0.1) is 0 Å². The SMILES string of the molecule is CN(c1ccc(Cl)nc1)c1nn(C)c2cc(C(F)(F)F)ccc12. The second-order valence-corrected chi connectivity index (χ2v) is 5.46. The summed E-state index contributed by atoms with van der Waals surface area (Å²) in [5.74, 6) is 0.542. The molecule has 0 N–H and O–H groups in total. The molecular formula is C15H12ClF3N4. The van der Waals surface area contributed by atoms with Gasteiger partial charge in [-0.25, -0.2) is 4.98 Å². The summed E-state index contributed by atoms with van der Waals surface area (Å²) in [5.41, 5.74) is 0.438. The van der Waals surface area contributed by atoms with Crippen molar-refractivity contribution in [3.63, 3.8) is 0 Å². The Labute approximate surface area is 135 Å². The Morgan fingerprint density at radius 2 is 1.91 bits per heavy atom. The van der Waals surface area contributed by atoms with E-state index in [1.165, 1.54) is 10.7 Å². The van der Waals surface area contributed by atoms with Gasteiger partial charge in [-0.1, -0.05) is 11.6 Å². The van der Waals surface area contributed by atoms with Gasteiger partial charge in [0.05, 0.1) is 23.0 Å². The molecule has 0 spiro atoms. The number of halogens is 4. The number of pyridine rings is 1. The van der Waals surface area contributed by atoms with E-state index in [1.54, 1.807) is 37.3 Å². The van der Waals surface area contributed by atoms with E-state index in [0.29, 0.717) is 21.9 Å². The fourth-order valence-electron chi connectivity index (χ4n) is 2.35. The first-order valence-electron chi connectivity index (χ1n) is 6.66. The van der Waals surface area contributed by atoms with Crippen LogP contribution in [0.3, 0.4) is 0 Å². The number of alkyl halides is 3. The molecule has 2 aromatic heterocycles. The van der Waals surface area contributed by atoms with Crippen molar-refractivity contribution in [3.05, 3.63) is 47.2 Å². The van der Waals surface area contributed by atoms with Gasteiger partial charge in [0.2, 0.25) is 0 Å². The van der Waals surface area contributed by atoms with Crippen LogP contribution in [-0.2, 0) is 13.2 Å². The number of hydrogen-bond acceptors (Lipinski definition) is 3. The van der Waals surface area contributed by atoms with Crippen molar-refractivity contribution in [2.45, 2.75) is 6.18 Å². The molecule has 23 heavy (non-hydrogen) atoms. The Morgan fingerprint density at radius 1 is 1.17 bits per heavy atom. The van der Waals surface area contributed by atoms with Gasteiger partial charge in [0.25, 0.3) is 0 Å². The molecule has 0 unspecified atom stereocenters. The lowest BCUT2D eigenvalue weighted by molar-refractivity contribution is -0.137. The monoisotopic (exact) mass is 340 g/mol. The second-order valence-electron chi connectivity index (χ2n) is 5.08. The van der Waals surface area contributed by atoms with Crippen molar-refractivity contribution in [1.82, 2.24) is 14.8 Å². The van der Waals surface area contributed by atoms with E-state index in [4.69, 9.17) is 11.6 Å². The zero-order valence-corrected chi connectivity index (χ0v) is 13.0. The highest BCUT2D eigenvalue weighted by atomic mass is 35.5. The maximum Gasteiger partial charge on any atom is 0.416 e. The summed E-state index contributed by atoms with van der Waals surface area (Å²) in [6.45, 7) is 0. The van der Waals surface area contributed by atoms with Crippen LogP contribution in [0.2, 0.25) is 5.15 Å². The molecule has 0 radical (unpaired) electrons. The van der Waals surface area contributed by atoms with Gasteiger partial charge in [-0.3, -0.25) is 4.68 Å². The fraction of sp³-hybridized carbons (Fsp3) is 0.200. The number of anilines is 2. The molecule has 0 saturated carbocycles. The van der Waals surface area contributed by atoms with E-state index >= 15 is 0 Å². The molecule has 1 aromatic carbocycles. The van der Waals surface area contributed by atoms with Gasteiger partial charge >= 0.3 is 6.18 Å². The molecule has 0 aliphatic carbocycles. The van der Waals surface area contributed by atoms with Crippen LogP contribution < -0.4 is 4.90 Å². The van der Waals surface area contributed by atoms with Crippen LogP contribution in [0.5, 0.6) is 0 Å². The number of hydrogen-bond donors (Lipinski definition) is 0. The summed E-state index contributed by atoms with van der Waals surface area (Å²) in [6, 6.07) is 6.99. The van der Waals surface area contributed by atoms with E-state index < -0.39 is 11.7 Å². The lowest BCUT2D eigenvalue weighted by Crippen LogP contribution is -2.11. The average Bonchev–Trinajstić information content (AvgIpc) is 2.83. The van der Waals surface area contributed by atoms with Gasteiger partial charge in [0, 0.05) is 19.5 Å². The van der Waals surface area contributed by atoms with Gasteiger partial charge in [0.1, 0.15) is 5.15 Å². The van der Waals surface area contributed by atoms with E-state index in [9.17, 15) is 13.2 Å². The van der Waals surface area contributed by atoms with Crippen LogP contribution in [0.25, 0.3) is 10.9 Å². The summed E-state index contributed by atoms with van der Waals surface area (Å²) in [5, 5.41) is 5.31. The predicted molar refractivity (Wildman–Crippen MR) is 83.0 cm³/mol. The van der Waals surface area contributed by atoms with Crippen molar-refractivity contribution >= 4 is 34.0 Å². The normalized spacial score (nSPS) is 11.9. The molecule has 3 aromatic rings. The summed E-state index contributed by atoms with van der Waals surface area (Å²) in [7, 11) is 3.38. The first kappa shape index (κ1) is 15.6. The molecule has 0 fully saturated rings. The van der Waals surface area contributed by atoms with Crippen molar-refractivity contribution < 1.29 is 13.2 Å². The Morgan fingerprint density at radius 3 is 2.52 bits per heavy atom. The lowest BCUT2D eigenvalue weighted by atomic mass is 10.1. The van der Waals surface area contributed by atoms with E-state index in [-0.39, 0.29) is 0 Å². The van der Waals surface area contributed by atoms with E-state index in [2.05, 4.69) is 10.1 Å². The van der Waals surface area contributed by atoms with Crippen LogP contribution in [0.1, 0.15) is 5.56 Å². The van der Waals surface area contributed by atoms with Crippen molar-refractivity contribution in [2.24, 2.45) is 7.05 Å².